The molecule has 17 unspecified atom stereocenters. The van der Waals surface area contributed by atoms with E-state index in [1.165, 1.54) is 263 Å². The Morgan fingerprint density at radius 2 is 0.660 bits per heavy atom. The Balaban J connectivity index is 1.38. The summed E-state index contributed by atoms with van der Waals surface area (Å²) < 4.78 is 34.4. The van der Waals surface area contributed by atoms with Crippen molar-refractivity contribution in [3.05, 3.63) is 24.3 Å². The van der Waals surface area contributed by atoms with Crippen LogP contribution in [0.2, 0.25) is 0 Å². The van der Waals surface area contributed by atoms with Crippen LogP contribution < -0.4 is 5.32 Å². The molecule has 0 aromatic carbocycles. The lowest BCUT2D eigenvalue weighted by Gasteiger charge is -2.48. The van der Waals surface area contributed by atoms with Crippen LogP contribution in [0.5, 0.6) is 0 Å². The molecule has 0 aromatic rings. The summed E-state index contributed by atoms with van der Waals surface area (Å²) >= 11 is 0. The van der Waals surface area contributed by atoms with Crippen LogP contribution in [0.4, 0.5) is 0 Å². The molecule has 0 bridgehead atoms. The predicted octanol–water partition coefficient (Wildman–Crippen LogP) is 13.0. The molecule has 3 heterocycles. The van der Waals surface area contributed by atoms with E-state index in [0.717, 1.165) is 38.5 Å². The van der Waals surface area contributed by atoms with Gasteiger partial charge < -0.3 is 89.9 Å². The van der Waals surface area contributed by atoms with Crippen molar-refractivity contribution in [3.63, 3.8) is 0 Å². The fourth-order valence-corrected chi connectivity index (χ4v) is 13.8. The lowest BCUT2D eigenvalue weighted by molar-refractivity contribution is -0.379. The van der Waals surface area contributed by atoms with Crippen LogP contribution in [0.1, 0.15) is 335 Å². The average molecular weight is 1390 g/mol. The van der Waals surface area contributed by atoms with Crippen molar-refractivity contribution in [1.29, 1.82) is 0 Å². The predicted molar refractivity (Wildman–Crippen MR) is 383 cm³/mol. The minimum Gasteiger partial charge on any atom is -0.394 e. The maximum Gasteiger partial charge on any atom is 0.220 e. The first-order valence-corrected chi connectivity index (χ1v) is 40.1. The van der Waals surface area contributed by atoms with Crippen molar-refractivity contribution >= 4 is 5.91 Å². The summed E-state index contributed by atoms with van der Waals surface area (Å²) in [6, 6.07) is -0.988. The standard InChI is InChI=1S/C78H147NO18/c1-3-5-7-9-11-13-15-17-19-21-23-25-27-28-29-30-31-32-34-36-38-40-42-44-46-48-50-52-54-56-66(84)79-61(62(83)55-53-51-49-47-45-43-41-39-37-35-33-26-24-22-20-18-16-14-12-10-8-6-4-2)60-92-76-72(90)69(87)74(64(58-81)94-76)97-78-73(91)70(88)75(65(59-82)95-78)96-77-71(89)68(86)67(85)63(57-80)93-77/h45,47,53,55,61-65,67-78,80-83,85-91H,3-44,46,48-52,54,56-60H2,1-2H3,(H,79,84)/b47-45+,55-53+. The number of carbonyl (C=O) groups is 1. The molecule has 19 nitrogen and oxygen atoms in total. The van der Waals surface area contributed by atoms with Crippen molar-refractivity contribution in [1.82, 2.24) is 5.32 Å². The minimum absolute atomic E-state index is 0.241. The maximum atomic E-state index is 13.5. The molecule has 19 heteroatoms. The lowest BCUT2D eigenvalue weighted by atomic mass is 9.96. The molecule has 0 saturated carbocycles. The smallest absolute Gasteiger partial charge is 0.220 e. The second kappa shape index (κ2) is 59.6. The molecule has 97 heavy (non-hydrogen) atoms. The number of amides is 1. The van der Waals surface area contributed by atoms with Crippen molar-refractivity contribution in [2.24, 2.45) is 0 Å². The van der Waals surface area contributed by atoms with Gasteiger partial charge >= 0.3 is 0 Å². The highest BCUT2D eigenvalue weighted by atomic mass is 16.8. The van der Waals surface area contributed by atoms with Gasteiger partial charge in [0.05, 0.1) is 38.6 Å². The highest BCUT2D eigenvalue weighted by Gasteiger charge is 2.54. The molecule has 3 saturated heterocycles. The lowest BCUT2D eigenvalue weighted by Crippen LogP contribution is -2.66. The molecule has 0 aliphatic carbocycles. The number of unbranched alkanes of at least 4 members (excludes halogenated alkanes) is 46. The Morgan fingerprint density at radius 1 is 0.361 bits per heavy atom. The molecule has 3 aliphatic rings. The van der Waals surface area contributed by atoms with Gasteiger partial charge in [-0.1, -0.05) is 321 Å². The molecule has 572 valence electrons. The molecule has 0 spiro atoms. The molecular formula is C78H147NO18. The topological polar surface area (TPSA) is 307 Å². The summed E-state index contributed by atoms with van der Waals surface area (Å²) in [7, 11) is 0. The van der Waals surface area contributed by atoms with E-state index in [0.29, 0.717) is 12.8 Å². The summed E-state index contributed by atoms with van der Waals surface area (Å²) in [5.74, 6) is -0.277. The van der Waals surface area contributed by atoms with E-state index in [2.05, 4.69) is 31.3 Å². The van der Waals surface area contributed by atoms with Crippen molar-refractivity contribution in [2.75, 3.05) is 26.4 Å². The van der Waals surface area contributed by atoms with Gasteiger partial charge in [0.15, 0.2) is 18.9 Å². The highest BCUT2D eigenvalue weighted by Crippen LogP contribution is 2.33. The first kappa shape index (κ1) is 89.5. The third kappa shape index (κ3) is 40.2. The third-order valence-corrected chi connectivity index (χ3v) is 20.3. The Kier molecular flexibility index (Phi) is 55.0. The molecular weight excluding hydrogens is 1240 g/mol. The van der Waals surface area contributed by atoms with E-state index in [-0.39, 0.29) is 18.9 Å². The van der Waals surface area contributed by atoms with Gasteiger partial charge in [0.1, 0.15) is 73.2 Å². The third-order valence-electron chi connectivity index (χ3n) is 20.3. The number of rotatable bonds is 64. The number of aliphatic hydroxyl groups is 11. The van der Waals surface area contributed by atoms with Gasteiger partial charge in [-0.05, 0) is 32.1 Å². The average Bonchev–Trinajstić information content (AvgIpc) is 0.826. The SMILES string of the molecule is CCCCCCCCCCCCCCCCCCC/C=C/CC/C=C/C(O)C(COC1OC(CO)C(OC2OC(CO)C(OC3OC(CO)C(O)C(O)C3O)C(O)C2O)C(O)C1O)NC(=O)CCCCCCCCCCCCCCCCCCCCCCCCCCCCCCC. The van der Waals surface area contributed by atoms with E-state index >= 15 is 0 Å². The van der Waals surface area contributed by atoms with Crippen LogP contribution in [-0.4, -0.2) is 193 Å². The number of hydrogen-bond acceptors (Lipinski definition) is 18. The van der Waals surface area contributed by atoms with Gasteiger partial charge in [0, 0.05) is 6.42 Å². The number of ether oxygens (including phenoxy) is 6. The Labute approximate surface area is 588 Å². The molecule has 3 aliphatic heterocycles. The molecule has 0 aromatic heterocycles. The Bertz CT molecular complexity index is 1850. The number of hydrogen-bond donors (Lipinski definition) is 12. The number of carbonyl (C=O) groups excluding carboxylic acids is 1. The molecule has 1 amide bonds. The fourth-order valence-electron chi connectivity index (χ4n) is 13.8. The zero-order valence-electron chi connectivity index (χ0n) is 61.1. The number of aliphatic hydroxyl groups excluding tert-OH is 11. The zero-order chi connectivity index (χ0) is 70.4. The maximum absolute atomic E-state index is 13.5. The van der Waals surface area contributed by atoms with Gasteiger partial charge in [-0.25, -0.2) is 0 Å². The normalized spacial score (nSPS) is 27.0. The molecule has 0 radical (unpaired) electrons. The van der Waals surface area contributed by atoms with Gasteiger partial charge in [-0.2, -0.15) is 0 Å². The van der Waals surface area contributed by atoms with Crippen LogP contribution in [0.15, 0.2) is 24.3 Å². The minimum atomic E-state index is -1.98. The van der Waals surface area contributed by atoms with Crippen LogP contribution in [-0.2, 0) is 33.2 Å². The largest absolute Gasteiger partial charge is 0.394 e. The van der Waals surface area contributed by atoms with E-state index in [9.17, 15) is 61.0 Å². The zero-order valence-corrected chi connectivity index (χ0v) is 61.1. The summed E-state index contributed by atoms with van der Waals surface area (Å²) in [5, 5.41) is 121. The first-order chi connectivity index (χ1) is 47.3. The van der Waals surface area contributed by atoms with Gasteiger partial charge in [0.2, 0.25) is 5.91 Å². The molecule has 12 N–H and O–H groups in total. The quantitative estimate of drug-likeness (QED) is 0.0199. The van der Waals surface area contributed by atoms with Crippen molar-refractivity contribution < 1.29 is 89.4 Å². The first-order valence-electron chi connectivity index (χ1n) is 40.1. The van der Waals surface area contributed by atoms with Crippen LogP contribution in [0, 0.1) is 0 Å². The molecule has 3 rings (SSSR count). The van der Waals surface area contributed by atoms with Crippen LogP contribution >= 0.6 is 0 Å². The number of nitrogens with one attached hydrogen (secondary N) is 1. The highest BCUT2D eigenvalue weighted by molar-refractivity contribution is 5.76. The monoisotopic (exact) mass is 1390 g/mol. The van der Waals surface area contributed by atoms with Crippen molar-refractivity contribution in [2.45, 2.75) is 439 Å². The van der Waals surface area contributed by atoms with Gasteiger partial charge in [0.25, 0.3) is 0 Å². The summed E-state index contributed by atoms with van der Waals surface area (Å²) in [4.78, 5) is 13.5. The van der Waals surface area contributed by atoms with Crippen LogP contribution in [0.25, 0.3) is 0 Å². The van der Waals surface area contributed by atoms with Crippen molar-refractivity contribution in [3.8, 4) is 0 Å². The number of allylic oxidation sites excluding steroid dienone is 3. The summed E-state index contributed by atoms with van der Waals surface area (Å²) in [5.41, 5.74) is 0. The van der Waals surface area contributed by atoms with E-state index in [4.69, 9.17) is 28.4 Å². The second-order valence-electron chi connectivity index (χ2n) is 28.9. The van der Waals surface area contributed by atoms with Crippen LogP contribution in [0.3, 0.4) is 0 Å². The van der Waals surface area contributed by atoms with E-state index in [1.807, 2.05) is 6.08 Å². The Hall–Kier alpha value is -1.73. The summed E-state index contributed by atoms with van der Waals surface area (Å²) in [6.07, 6.45) is 44.6. The van der Waals surface area contributed by atoms with Gasteiger partial charge in [-0.3, -0.25) is 4.79 Å². The molecule has 3 fully saturated rings. The second-order valence-corrected chi connectivity index (χ2v) is 28.9. The molecule has 17 atom stereocenters. The van der Waals surface area contributed by atoms with E-state index in [1.54, 1.807) is 6.08 Å². The van der Waals surface area contributed by atoms with Gasteiger partial charge in [-0.15, -0.1) is 0 Å². The fraction of sp³-hybridized carbons (Fsp3) is 0.936. The summed E-state index contributed by atoms with van der Waals surface area (Å²) in [6.45, 7) is 1.78. The Morgan fingerprint density at radius 3 is 1.03 bits per heavy atom. The van der Waals surface area contributed by atoms with E-state index < -0.39 is 124 Å².